The van der Waals surface area contributed by atoms with Crippen molar-refractivity contribution < 1.29 is 18.4 Å². The van der Waals surface area contributed by atoms with Crippen LogP contribution < -0.4 is 11.3 Å². The number of hydrogen-bond acceptors (Lipinski definition) is 6. The minimum absolute atomic E-state index is 0.0529. The molecule has 0 saturated heterocycles. The van der Waals surface area contributed by atoms with E-state index in [9.17, 15) is 14.7 Å². The molecule has 3 aromatic heterocycles. The number of aryl methyl sites for hydroxylation is 2. The topological polar surface area (TPSA) is 93.8 Å². The van der Waals surface area contributed by atoms with Gasteiger partial charge in [-0.2, -0.15) is 0 Å². The molecule has 0 bridgehead atoms. The van der Waals surface area contributed by atoms with Crippen LogP contribution in [0.25, 0.3) is 44.2 Å². The molecule has 0 spiro atoms. The van der Waals surface area contributed by atoms with Crippen molar-refractivity contribution in [2.75, 3.05) is 0 Å². The number of hydrogen-bond donors (Lipinski definition) is 1. The first-order chi connectivity index (χ1) is 14.5. The van der Waals surface area contributed by atoms with E-state index in [1.54, 1.807) is 18.2 Å². The molecule has 0 aliphatic heterocycles. The lowest BCUT2D eigenvalue weighted by molar-refractivity contribution is 0.467. The lowest BCUT2D eigenvalue weighted by atomic mass is 10.1. The van der Waals surface area contributed by atoms with Gasteiger partial charge in [0.2, 0.25) is 0 Å². The average Bonchev–Trinajstić information content (AvgIpc) is 3.18. The molecule has 3 heterocycles. The summed E-state index contributed by atoms with van der Waals surface area (Å²) in [7, 11) is 0. The highest BCUT2D eigenvalue weighted by molar-refractivity contribution is 6.03. The maximum Gasteiger partial charge on any atom is 0.351 e. The number of furan rings is 1. The van der Waals surface area contributed by atoms with Gasteiger partial charge in [0.25, 0.3) is 0 Å². The highest BCUT2D eigenvalue weighted by Gasteiger charge is 2.22. The third-order valence-corrected chi connectivity index (χ3v) is 5.45. The normalized spacial score (nSPS) is 11.7. The van der Waals surface area contributed by atoms with Crippen molar-refractivity contribution in [2.24, 2.45) is 0 Å². The van der Waals surface area contributed by atoms with Crippen LogP contribution in [-0.4, -0.2) is 5.11 Å². The van der Waals surface area contributed by atoms with E-state index < -0.39 is 11.3 Å². The largest absolute Gasteiger partial charge is 0.506 e. The fourth-order valence-corrected chi connectivity index (χ4v) is 3.75. The summed E-state index contributed by atoms with van der Waals surface area (Å²) in [5.74, 6) is -0.193. The summed E-state index contributed by atoms with van der Waals surface area (Å²) in [6, 6.07) is 12.2. The second-order valence-electron chi connectivity index (χ2n) is 7.22. The zero-order chi connectivity index (χ0) is 21.0. The fourth-order valence-electron chi connectivity index (χ4n) is 3.75. The van der Waals surface area contributed by atoms with Crippen LogP contribution in [0.2, 0.25) is 0 Å². The highest BCUT2D eigenvalue weighted by atomic mass is 16.4. The zero-order valence-electron chi connectivity index (χ0n) is 16.4. The van der Waals surface area contributed by atoms with Crippen molar-refractivity contribution >= 4 is 32.9 Å². The van der Waals surface area contributed by atoms with Gasteiger partial charge in [0.05, 0.1) is 10.8 Å². The van der Waals surface area contributed by atoms with Crippen molar-refractivity contribution in [1.82, 2.24) is 0 Å². The van der Waals surface area contributed by atoms with Crippen LogP contribution in [0, 0.1) is 0 Å². The lowest BCUT2D eigenvalue weighted by Gasteiger charge is -2.05. The van der Waals surface area contributed by atoms with E-state index in [1.165, 1.54) is 6.07 Å². The van der Waals surface area contributed by atoms with Gasteiger partial charge in [-0.05, 0) is 48.2 Å². The molecular weight excluding hydrogens is 384 g/mol. The first-order valence-electron chi connectivity index (χ1n) is 9.78. The molecule has 0 atom stereocenters. The molecule has 0 aliphatic carbocycles. The molecule has 150 valence electrons. The monoisotopic (exact) mass is 402 g/mol. The van der Waals surface area contributed by atoms with Crippen LogP contribution >= 0.6 is 0 Å². The van der Waals surface area contributed by atoms with E-state index in [0.29, 0.717) is 27.5 Å². The van der Waals surface area contributed by atoms with Crippen LogP contribution in [-0.2, 0) is 12.8 Å². The summed E-state index contributed by atoms with van der Waals surface area (Å²) in [4.78, 5) is 25.2. The van der Waals surface area contributed by atoms with Gasteiger partial charge in [-0.15, -0.1) is 0 Å². The van der Waals surface area contributed by atoms with Crippen molar-refractivity contribution in [1.29, 1.82) is 0 Å². The van der Waals surface area contributed by atoms with Crippen LogP contribution in [0.4, 0.5) is 0 Å². The molecular formula is C24H18O6. The Morgan fingerprint density at radius 3 is 2.00 bits per heavy atom. The van der Waals surface area contributed by atoms with Gasteiger partial charge in [0, 0.05) is 6.07 Å². The maximum absolute atomic E-state index is 12.7. The average molecular weight is 402 g/mol. The first-order valence-corrected chi connectivity index (χ1v) is 9.78. The summed E-state index contributed by atoms with van der Waals surface area (Å²) < 4.78 is 16.8. The molecule has 1 N–H and O–H groups in total. The summed E-state index contributed by atoms with van der Waals surface area (Å²) in [5, 5.41) is 12.0. The Bertz CT molecular complexity index is 1560. The number of fused-ring (bicyclic) bond motifs is 4. The molecule has 5 aromatic rings. The number of rotatable bonds is 3. The summed E-state index contributed by atoms with van der Waals surface area (Å²) in [5.41, 5.74) is 1.59. The molecule has 30 heavy (non-hydrogen) atoms. The van der Waals surface area contributed by atoms with Crippen LogP contribution in [0.1, 0.15) is 25.0 Å². The summed E-state index contributed by atoms with van der Waals surface area (Å²) in [6.45, 7) is 4.00. The molecule has 0 unspecified atom stereocenters. The summed E-state index contributed by atoms with van der Waals surface area (Å²) in [6.07, 6.45) is 1.57. The fraction of sp³-hybridized carbons (Fsp3) is 0.167. The van der Waals surface area contributed by atoms with E-state index in [-0.39, 0.29) is 22.5 Å². The zero-order valence-corrected chi connectivity index (χ0v) is 16.4. The third kappa shape index (κ3) is 2.64. The molecule has 6 heteroatoms. The van der Waals surface area contributed by atoms with Gasteiger partial charge < -0.3 is 18.4 Å². The van der Waals surface area contributed by atoms with E-state index in [0.717, 1.165) is 24.0 Å². The minimum atomic E-state index is -0.741. The molecule has 6 nitrogen and oxygen atoms in total. The predicted octanol–water partition coefficient (Wildman–Crippen LogP) is 5.14. The van der Waals surface area contributed by atoms with E-state index in [4.69, 9.17) is 13.3 Å². The van der Waals surface area contributed by atoms with Gasteiger partial charge in [-0.1, -0.05) is 26.0 Å². The van der Waals surface area contributed by atoms with Gasteiger partial charge in [0.1, 0.15) is 33.6 Å². The standard InChI is InChI=1S/C24H18O6/c1-3-12-5-7-14-17(9-12)30-24(27)20(21(14)25)19-11-16-22(28-19)15-8-6-13(4-2)10-18(15)29-23(16)26/h5-11,25H,3-4H2,1-2H3. The van der Waals surface area contributed by atoms with E-state index >= 15 is 0 Å². The predicted molar refractivity (Wildman–Crippen MR) is 114 cm³/mol. The highest BCUT2D eigenvalue weighted by Crippen LogP contribution is 2.37. The Morgan fingerprint density at radius 1 is 0.733 bits per heavy atom. The second kappa shape index (κ2) is 6.62. The molecule has 0 radical (unpaired) electrons. The molecule has 5 rings (SSSR count). The quantitative estimate of drug-likeness (QED) is 0.420. The van der Waals surface area contributed by atoms with Gasteiger partial charge >= 0.3 is 11.3 Å². The summed E-state index contributed by atoms with van der Waals surface area (Å²) >= 11 is 0. The smallest absolute Gasteiger partial charge is 0.351 e. The van der Waals surface area contributed by atoms with Crippen molar-refractivity contribution in [3.05, 3.63) is 74.4 Å². The number of aromatic hydroxyl groups is 1. The van der Waals surface area contributed by atoms with Crippen LogP contribution in [0.3, 0.4) is 0 Å². The van der Waals surface area contributed by atoms with E-state index in [2.05, 4.69) is 0 Å². The Labute approximate surface area is 170 Å². The lowest BCUT2D eigenvalue weighted by Crippen LogP contribution is -2.03. The van der Waals surface area contributed by atoms with Gasteiger partial charge in [-0.25, -0.2) is 9.59 Å². The Morgan fingerprint density at radius 2 is 1.33 bits per heavy atom. The molecule has 2 aromatic carbocycles. The molecule has 0 aliphatic rings. The van der Waals surface area contributed by atoms with Crippen molar-refractivity contribution in [3.8, 4) is 17.1 Å². The first kappa shape index (κ1) is 18.2. The van der Waals surface area contributed by atoms with Crippen LogP contribution in [0.5, 0.6) is 5.75 Å². The Balaban J connectivity index is 1.80. The van der Waals surface area contributed by atoms with Crippen molar-refractivity contribution in [3.63, 3.8) is 0 Å². The van der Waals surface area contributed by atoms with E-state index in [1.807, 2.05) is 32.0 Å². The second-order valence-corrected chi connectivity index (χ2v) is 7.22. The molecule has 0 amide bonds. The Hall–Kier alpha value is -3.80. The minimum Gasteiger partial charge on any atom is -0.506 e. The molecule has 0 saturated carbocycles. The number of benzene rings is 2. The molecule has 0 fully saturated rings. The van der Waals surface area contributed by atoms with Crippen LogP contribution in [0.15, 0.2) is 65.3 Å². The SMILES string of the molecule is CCc1ccc2c(O)c(-c3cc4c(=O)oc5cc(CC)ccc5c4o3)c(=O)oc2c1. The van der Waals surface area contributed by atoms with Gasteiger partial charge in [-0.3, -0.25) is 0 Å². The van der Waals surface area contributed by atoms with Crippen molar-refractivity contribution in [2.45, 2.75) is 26.7 Å². The Kier molecular flexibility index (Phi) is 4.03. The third-order valence-electron chi connectivity index (χ3n) is 5.45. The van der Waals surface area contributed by atoms with Gasteiger partial charge in [0.15, 0.2) is 5.58 Å². The maximum atomic E-state index is 12.7.